The normalized spacial score (nSPS) is 11.6. The third-order valence-corrected chi connectivity index (χ3v) is 5.34. The van der Waals surface area contributed by atoms with Gasteiger partial charge in [0.1, 0.15) is 0 Å². The second-order valence-electron chi connectivity index (χ2n) is 7.76. The van der Waals surface area contributed by atoms with Gasteiger partial charge in [-0.3, -0.25) is 9.13 Å². The SMILES string of the molecule is CC=CCc1cn(C(C)C)c(=O)n1Cc1ccc(-c2ccccc2-c2nnn[nH]2)cc1. The highest BCUT2D eigenvalue weighted by molar-refractivity contribution is 5.80. The molecular formula is C24H26N6O. The summed E-state index contributed by atoms with van der Waals surface area (Å²) in [5.41, 5.74) is 5.18. The van der Waals surface area contributed by atoms with Crippen molar-refractivity contribution in [1.82, 2.24) is 29.8 Å². The number of hydrogen-bond donors (Lipinski definition) is 1. The maximum absolute atomic E-state index is 12.9. The van der Waals surface area contributed by atoms with Crippen molar-refractivity contribution < 1.29 is 0 Å². The number of benzene rings is 2. The lowest BCUT2D eigenvalue weighted by Gasteiger charge is -2.10. The Morgan fingerprint density at radius 3 is 2.45 bits per heavy atom. The van der Waals surface area contributed by atoms with Gasteiger partial charge in [0.2, 0.25) is 0 Å². The van der Waals surface area contributed by atoms with E-state index in [0.29, 0.717) is 12.4 Å². The van der Waals surface area contributed by atoms with Crippen molar-refractivity contribution in [3.05, 3.63) is 88.6 Å². The van der Waals surface area contributed by atoms with Crippen LogP contribution in [0.15, 0.2) is 71.7 Å². The molecule has 0 saturated heterocycles. The lowest BCUT2D eigenvalue weighted by atomic mass is 9.98. The van der Waals surface area contributed by atoms with Gasteiger partial charge in [-0.15, -0.1) is 5.10 Å². The molecule has 0 saturated carbocycles. The molecule has 158 valence electrons. The first-order valence-electron chi connectivity index (χ1n) is 10.4. The number of rotatable bonds is 7. The Labute approximate surface area is 181 Å². The van der Waals surface area contributed by atoms with Crippen LogP contribution in [0.4, 0.5) is 0 Å². The van der Waals surface area contributed by atoms with Gasteiger partial charge in [0.15, 0.2) is 5.82 Å². The minimum Gasteiger partial charge on any atom is -0.296 e. The summed E-state index contributed by atoms with van der Waals surface area (Å²) >= 11 is 0. The van der Waals surface area contributed by atoms with Gasteiger partial charge in [0.25, 0.3) is 0 Å². The van der Waals surface area contributed by atoms with Crippen molar-refractivity contribution in [1.29, 1.82) is 0 Å². The number of nitrogens with zero attached hydrogens (tertiary/aromatic N) is 5. The molecule has 0 amide bonds. The van der Waals surface area contributed by atoms with Gasteiger partial charge in [0, 0.05) is 29.9 Å². The quantitative estimate of drug-likeness (QED) is 0.459. The maximum Gasteiger partial charge on any atom is 0.328 e. The third-order valence-electron chi connectivity index (χ3n) is 5.34. The molecule has 0 atom stereocenters. The predicted octanol–water partition coefficient (Wildman–Crippen LogP) is 4.24. The fraction of sp³-hybridized carbons (Fsp3) is 0.250. The monoisotopic (exact) mass is 414 g/mol. The maximum atomic E-state index is 12.9. The van der Waals surface area contributed by atoms with Crippen molar-refractivity contribution in [2.24, 2.45) is 0 Å². The van der Waals surface area contributed by atoms with Crippen molar-refractivity contribution >= 4 is 0 Å². The predicted molar refractivity (Wildman–Crippen MR) is 122 cm³/mol. The zero-order valence-electron chi connectivity index (χ0n) is 18.0. The molecule has 0 aliphatic carbocycles. The summed E-state index contributed by atoms with van der Waals surface area (Å²) in [5, 5.41) is 14.2. The van der Waals surface area contributed by atoms with E-state index in [4.69, 9.17) is 0 Å². The molecule has 0 aliphatic rings. The largest absolute Gasteiger partial charge is 0.328 e. The van der Waals surface area contributed by atoms with E-state index in [9.17, 15) is 4.79 Å². The second-order valence-corrected chi connectivity index (χ2v) is 7.76. The average molecular weight is 415 g/mol. The van der Waals surface area contributed by atoms with E-state index >= 15 is 0 Å². The Morgan fingerprint density at radius 2 is 1.81 bits per heavy atom. The highest BCUT2D eigenvalue weighted by Crippen LogP contribution is 2.29. The van der Waals surface area contributed by atoms with Crippen molar-refractivity contribution in [3.8, 4) is 22.5 Å². The van der Waals surface area contributed by atoms with Crippen molar-refractivity contribution in [2.75, 3.05) is 0 Å². The zero-order valence-corrected chi connectivity index (χ0v) is 18.0. The zero-order chi connectivity index (χ0) is 21.8. The van der Waals surface area contributed by atoms with Crippen LogP contribution in [0, 0.1) is 0 Å². The molecule has 4 aromatic rings. The average Bonchev–Trinajstić information content (AvgIpc) is 3.42. The van der Waals surface area contributed by atoms with E-state index in [2.05, 4.69) is 57.0 Å². The molecule has 0 spiro atoms. The van der Waals surface area contributed by atoms with Crippen molar-refractivity contribution in [3.63, 3.8) is 0 Å². The van der Waals surface area contributed by atoms with Crippen LogP contribution in [0.5, 0.6) is 0 Å². The van der Waals surface area contributed by atoms with Crippen LogP contribution in [-0.4, -0.2) is 29.8 Å². The van der Waals surface area contributed by atoms with Crippen molar-refractivity contribution in [2.45, 2.75) is 39.8 Å². The number of allylic oxidation sites excluding steroid dienone is 2. The van der Waals surface area contributed by atoms with Gasteiger partial charge in [-0.2, -0.15) is 0 Å². The first kappa shape index (κ1) is 20.5. The number of aromatic nitrogens is 6. The van der Waals surface area contributed by atoms with Crippen LogP contribution in [0.25, 0.3) is 22.5 Å². The number of hydrogen-bond acceptors (Lipinski definition) is 4. The van der Waals surface area contributed by atoms with E-state index in [1.54, 1.807) is 4.57 Å². The summed E-state index contributed by atoms with van der Waals surface area (Å²) in [7, 11) is 0. The number of aromatic amines is 1. The van der Waals surface area contributed by atoms with E-state index in [0.717, 1.165) is 34.4 Å². The molecule has 0 fully saturated rings. The Kier molecular flexibility index (Phi) is 5.93. The highest BCUT2D eigenvalue weighted by Gasteiger charge is 2.14. The van der Waals surface area contributed by atoms with E-state index in [-0.39, 0.29) is 11.7 Å². The molecule has 4 rings (SSSR count). The first-order chi connectivity index (χ1) is 15.1. The highest BCUT2D eigenvalue weighted by atomic mass is 16.1. The Morgan fingerprint density at radius 1 is 1.06 bits per heavy atom. The Balaban J connectivity index is 1.65. The topological polar surface area (TPSA) is 81.4 Å². The minimum atomic E-state index is 0.0294. The van der Waals surface area contributed by atoms with Crippen LogP contribution in [0.3, 0.4) is 0 Å². The number of tetrazole rings is 1. The smallest absolute Gasteiger partial charge is 0.296 e. The molecule has 31 heavy (non-hydrogen) atoms. The van der Waals surface area contributed by atoms with E-state index in [1.807, 2.05) is 55.8 Å². The molecule has 0 unspecified atom stereocenters. The molecule has 1 N–H and O–H groups in total. The molecule has 2 aromatic carbocycles. The van der Waals surface area contributed by atoms with Crippen LogP contribution >= 0.6 is 0 Å². The van der Waals surface area contributed by atoms with Crippen LogP contribution < -0.4 is 5.69 Å². The summed E-state index contributed by atoms with van der Waals surface area (Å²) < 4.78 is 3.66. The lowest BCUT2D eigenvalue weighted by molar-refractivity contribution is 0.560. The van der Waals surface area contributed by atoms with Gasteiger partial charge in [-0.1, -0.05) is 60.7 Å². The lowest BCUT2D eigenvalue weighted by Crippen LogP contribution is -2.26. The van der Waals surface area contributed by atoms with Gasteiger partial charge >= 0.3 is 5.69 Å². The summed E-state index contributed by atoms with van der Waals surface area (Å²) in [6.07, 6.45) is 6.80. The van der Waals surface area contributed by atoms with Gasteiger partial charge in [-0.25, -0.2) is 9.89 Å². The molecule has 2 aromatic heterocycles. The minimum absolute atomic E-state index is 0.0294. The molecule has 7 heteroatoms. The molecule has 0 aliphatic heterocycles. The fourth-order valence-electron chi connectivity index (χ4n) is 3.68. The molecule has 0 bridgehead atoms. The molecule has 2 heterocycles. The molecular weight excluding hydrogens is 388 g/mol. The fourth-order valence-corrected chi connectivity index (χ4v) is 3.68. The molecule has 7 nitrogen and oxygen atoms in total. The van der Waals surface area contributed by atoms with Crippen LogP contribution in [0.1, 0.15) is 38.1 Å². The van der Waals surface area contributed by atoms with E-state index in [1.165, 1.54) is 0 Å². The Bertz CT molecular complexity index is 1230. The summed E-state index contributed by atoms with van der Waals surface area (Å²) in [6, 6.07) is 16.4. The number of nitrogens with one attached hydrogen (secondary N) is 1. The number of H-pyrrole nitrogens is 1. The van der Waals surface area contributed by atoms with Gasteiger partial charge in [0.05, 0.1) is 6.54 Å². The Hall–Kier alpha value is -3.74. The van der Waals surface area contributed by atoms with Gasteiger partial charge < -0.3 is 0 Å². The standard InChI is InChI=1S/C24H26N6O/c1-4-5-8-20-16-29(17(2)3)24(31)30(20)15-18-11-13-19(14-12-18)21-9-6-7-10-22(21)23-25-27-28-26-23/h4-7,9-14,16-17H,8,15H2,1-3H3,(H,25,26,27,28). The molecule has 0 radical (unpaired) electrons. The summed E-state index contributed by atoms with van der Waals surface area (Å²) in [6.45, 7) is 6.59. The number of imidazole rings is 1. The van der Waals surface area contributed by atoms with Gasteiger partial charge in [-0.05, 0) is 47.9 Å². The van der Waals surface area contributed by atoms with Crippen LogP contribution in [-0.2, 0) is 13.0 Å². The van der Waals surface area contributed by atoms with E-state index < -0.39 is 0 Å². The van der Waals surface area contributed by atoms with Crippen LogP contribution in [0.2, 0.25) is 0 Å². The summed E-state index contributed by atoms with van der Waals surface area (Å²) in [5.74, 6) is 0.634. The second kappa shape index (κ2) is 8.95. The summed E-state index contributed by atoms with van der Waals surface area (Å²) in [4.78, 5) is 12.9. The first-order valence-corrected chi connectivity index (χ1v) is 10.4. The third kappa shape index (κ3) is 4.26.